The van der Waals surface area contributed by atoms with Crippen molar-refractivity contribution in [2.24, 2.45) is 0 Å². The van der Waals surface area contributed by atoms with Crippen LogP contribution in [0.25, 0.3) is 0 Å². The summed E-state index contributed by atoms with van der Waals surface area (Å²) in [7, 11) is 0. The predicted octanol–water partition coefficient (Wildman–Crippen LogP) is 3.36. The molecule has 1 unspecified atom stereocenters. The normalized spacial score (nSPS) is 16.7. The molecule has 0 radical (unpaired) electrons. The number of aryl methyl sites for hydroxylation is 2. The van der Waals surface area contributed by atoms with E-state index < -0.39 is 0 Å². The maximum Gasteiger partial charge on any atom is 0.102 e. The van der Waals surface area contributed by atoms with Gasteiger partial charge in [-0.05, 0) is 43.0 Å². The van der Waals surface area contributed by atoms with Crippen LogP contribution in [0, 0.1) is 18.3 Å². The molecule has 1 N–H and O–H groups in total. The van der Waals surface area contributed by atoms with Gasteiger partial charge in [0.15, 0.2) is 0 Å². The third-order valence-electron chi connectivity index (χ3n) is 3.67. The second kappa shape index (κ2) is 4.74. The highest BCUT2D eigenvalue weighted by Crippen LogP contribution is 2.33. The first-order chi connectivity index (χ1) is 9.29. The van der Waals surface area contributed by atoms with E-state index >= 15 is 0 Å². The topological polar surface area (TPSA) is 48.7 Å². The summed E-state index contributed by atoms with van der Waals surface area (Å²) in [5.74, 6) is 0. The summed E-state index contributed by atoms with van der Waals surface area (Å²) in [6.45, 7) is 1.96. The van der Waals surface area contributed by atoms with E-state index in [4.69, 9.17) is 0 Å². The summed E-state index contributed by atoms with van der Waals surface area (Å²) in [5, 5.41) is 12.7. The second-order valence-electron chi connectivity index (χ2n) is 4.89. The first kappa shape index (κ1) is 11.7. The average molecular weight is 249 g/mol. The second-order valence-corrected chi connectivity index (χ2v) is 4.89. The van der Waals surface area contributed by atoms with Gasteiger partial charge in [-0.15, -0.1) is 0 Å². The van der Waals surface area contributed by atoms with Crippen LogP contribution in [0.4, 0.5) is 5.69 Å². The highest BCUT2D eigenvalue weighted by Gasteiger charge is 2.24. The highest BCUT2D eigenvalue weighted by molar-refractivity contribution is 5.61. The third kappa shape index (κ3) is 2.06. The quantitative estimate of drug-likeness (QED) is 0.887. The molecule has 1 atom stereocenters. The fourth-order valence-corrected chi connectivity index (χ4v) is 2.68. The van der Waals surface area contributed by atoms with Crippen LogP contribution in [0.3, 0.4) is 0 Å². The van der Waals surface area contributed by atoms with Crippen molar-refractivity contribution in [3.63, 3.8) is 0 Å². The molecular weight excluding hydrogens is 234 g/mol. The minimum absolute atomic E-state index is 0.213. The molecule has 1 heterocycles. The number of benzene rings is 1. The van der Waals surface area contributed by atoms with Crippen molar-refractivity contribution >= 4 is 5.69 Å². The van der Waals surface area contributed by atoms with Crippen molar-refractivity contribution in [3.8, 4) is 6.07 Å². The Hall–Kier alpha value is -2.34. The molecule has 0 amide bonds. The maximum atomic E-state index is 9.26. The number of anilines is 1. The number of nitriles is 1. The van der Waals surface area contributed by atoms with Crippen molar-refractivity contribution in [1.82, 2.24) is 4.98 Å². The molecule has 0 saturated carbocycles. The van der Waals surface area contributed by atoms with Crippen LogP contribution in [-0.4, -0.2) is 4.98 Å². The summed E-state index contributed by atoms with van der Waals surface area (Å²) in [5.41, 5.74) is 5.07. The van der Waals surface area contributed by atoms with Gasteiger partial charge in [-0.3, -0.25) is 4.98 Å². The van der Waals surface area contributed by atoms with Crippen molar-refractivity contribution in [2.75, 3.05) is 5.32 Å². The Morgan fingerprint density at radius 2 is 2.21 bits per heavy atom. The van der Waals surface area contributed by atoms with E-state index in [1.54, 1.807) is 0 Å². The fraction of sp³-hybridized carbons (Fsp3) is 0.250. The largest absolute Gasteiger partial charge is 0.376 e. The van der Waals surface area contributed by atoms with Crippen LogP contribution < -0.4 is 5.32 Å². The molecule has 0 spiro atoms. The number of hydrogen-bond donors (Lipinski definition) is 1. The van der Waals surface area contributed by atoms with Crippen molar-refractivity contribution in [2.45, 2.75) is 25.8 Å². The monoisotopic (exact) mass is 249 g/mol. The fourth-order valence-electron chi connectivity index (χ4n) is 2.68. The Balaban J connectivity index is 1.92. The van der Waals surface area contributed by atoms with E-state index in [-0.39, 0.29) is 6.04 Å². The zero-order chi connectivity index (χ0) is 13.2. The van der Waals surface area contributed by atoms with Gasteiger partial charge in [0.2, 0.25) is 0 Å². The SMILES string of the molecule is Cc1cccc(NC2CCc3cccnc32)c1C#N. The van der Waals surface area contributed by atoms with Gasteiger partial charge in [0.05, 0.1) is 23.0 Å². The molecule has 1 aliphatic carbocycles. The van der Waals surface area contributed by atoms with Crippen molar-refractivity contribution in [1.29, 1.82) is 5.26 Å². The summed E-state index contributed by atoms with van der Waals surface area (Å²) in [6.07, 6.45) is 3.92. The summed E-state index contributed by atoms with van der Waals surface area (Å²) < 4.78 is 0. The first-order valence-corrected chi connectivity index (χ1v) is 6.49. The number of hydrogen-bond acceptors (Lipinski definition) is 3. The van der Waals surface area contributed by atoms with E-state index in [1.165, 1.54) is 5.56 Å². The molecule has 3 nitrogen and oxygen atoms in total. The summed E-state index contributed by atoms with van der Waals surface area (Å²) >= 11 is 0. The van der Waals surface area contributed by atoms with Gasteiger partial charge in [0, 0.05) is 6.20 Å². The standard InChI is InChI=1S/C16H15N3/c1-11-4-2-6-14(13(11)10-17)19-15-8-7-12-5-3-9-18-16(12)15/h2-6,9,15,19H,7-8H2,1H3. The van der Waals surface area contributed by atoms with Gasteiger partial charge in [-0.25, -0.2) is 0 Å². The average Bonchev–Trinajstić information content (AvgIpc) is 2.83. The lowest BCUT2D eigenvalue weighted by Crippen LogP contribution is -2.10. The molecule has 3 heteroatoms. The number of nitrogens with zero attached hydrogens (tertiary/aromatic N) is 2. The molecule has 3 rings (SSSR count). The lowest BCUT2D eigenvalue weighted by molar-refractivity contribution is 0.745. The zero-order valence-electron chi connectivity index (χ0n) is 10.9. The molecule has 0 bridgehead atoms. The maximum absolute atomic E-state index is 9.26. The van der Waals surface area contributed by atoms with Crippen LogP contribution in [0.15, 0.2) is 36.5 Å². The molecule has 1 aliphatic rings. The molecular formula is C16H15N3. The Labute approximate surface area is 112 Å². The highest BCUT2D eigenvalue weighted by atomic mass is 15.0. The lowest BCUT2D eigenvalue weighted by atomic mass is 10.1. The number of fused-ring (bicyclic) bond motifs is 1. The molecule has 1 aromatic heterocycles. The Morgan fingerprint density at radius 3 is 3.05 bits per heavy atom. The third-order valence-corrected chi connectivity index (χ3v) is 3.67. The van der Waals surface area contributed by atoms with E-state index in [2.05, 4.69) is 22.4 Å². The van der Waals surface area contributed by atoms with Crippen LogP contribution in [-0.2, 0) is 6.42 Å². The lowest BCUT2D eigenvalue weighted by Gasteiger charge is -2.16. The number of pyridine rings is 1. The van der Waals surface area contributed by atoms with Crippen LogP contribution in [0.2, 0.25) is 0 Å². The number of nitrogens with one attached hydrogen (secondary N) is 1. The molecule has 0 fully saturated rings. The molecule has 0 saturated heterocycles. The predicted molar refractivity (Wildman–Crippen MR) is 74.8 cm³/mol. The zero-order valence-corrected chi connectivity index (χ0v) is 10.9. The van der Waals surface area contributed by atoms with Crippen molar-refractivity contribution < 1.29 is 0 Å². The van der Waals surface area contributed by atoms with E-state index in [0.29, 0.717) is 0 Å². The first-order valence-electron chi connectivity index (χ1n) is 6.49. The van der Waals surface area contributed by atoms with E-state index in [1.807, 2.05) is 37.4 Å². The van der Waals surface area contributed by atoms with Gasteiger partial charge < -0.3 is 5.32 Å². The van der Waals surface area contributed by atoms with Crippen LogP contribution >= 0.6 is 0 Å². The summed E-state index contributed by atoms with van der Waals surface area (Å²) in [6, 6.07) is 12.5. The minimum atomic E-state index is 0.213. The molecule has 19 heavy (non-hydrogen) atoms. The van der Waals surface area contributed by atoms with Crippen LogP contribution in [0.5, 0.6) is 0 Å². The van der Waals surface area contributed by atoms with Gasteiger partial charge >= 0.3 is 0 Å². The Kier molecular flexibility index (Phi) is 2.92. The molecule has 2 aromatic rings. The van der Waals surface area contributed by atoms with Crippen LogP contribution in [0.1, 0.15) is 34.8 Å². The molecule has 1 aromatic carbocycles. The van der Waals surface area contributed by atoms with Crippen molar-refractivity contribution in [3.05, 3.63) is 58.9 Å². The number of aromatic nitrogens is 1. The van der Waals surface area contributed by atoms with E-state index in [9.17, 15) is 5.26 Å². The molecule has 94 valence electrons. The van der Waals surface area contributed by atoms with Gasteiger partial charge in [-0.1, -0.05) is 18.2 Å². The van der Waals surface area contributed by atoms with E-state index in [0.717, 1.165) is 35.3 Å². The smallest absolute Gasteiger partial charge is 0.102 e. The summed E-state index contributed by atoms with van der Waals surface area (Å²) in [4.78, 5) is 4.47. The Morgan fingerprint density at radius 1 is 1.32 bits per heavy atom. The minimum Gasteiger partial charge on any atom is -0.376 e. The molecule has 0 aliphatic heterocycles. The van der Waals surface area contributed by atoms with Gasteiger partial charge in [-0.2, -0.15) is 5.26 Å². The van der Waals surface area contributed by atoms with Gasteiger partial charge in [0.25, 0.3) is 0 Å². The Bertz CT molecular complexity index is 655. The van der Waals surface area contributed by atoms with Gasteiger partial charge in [0.1, 0.15) is 6.07 Å². The number of rotatable bonds is 2.